The van der Waals surface area contributed by atoms with Gasteiger partial charge in [-0.15, -0.1) is 0 Å². The van der Waals surface area contributed by atoms with Gasteiger partial charge in [0.2, 0.25) is 11.7 Å². The van der Waals surface area contributed by atoms with Gasteiger partial charge in [-0.25, -0.2) is 0 Å². The van der Waals surface area contributed by atoms with Crippen molar-refractivity contribution in [1.29, 1.82) is 0 Å². The van der Waals surface area contributed by atoms with Crippen molar-refractivity contribution in [3.63, 3.8) is 0 Å². The molecule has 1 aliphatic carbocycles. The Bertz CT molecular complexity index is 696. The van der Waals surface area contributed by atoms with E-state index in [0.29, 0.717) is 17.7 Å². The maximum absolute atomic E-state index is 12.4. The van der Waals surface area contributed by atoms with Crippen LogP contribution in [0.25, 0.3) is 11.4 Å². The van der Waals surface area contributed by atoms with Crippen LogP contribution in [0.3, 0.4) is 0 Å². The minimum Gasteiger partial charge on any atom is -0.341 e. The van der Waals surface area contributed by atoms with Crippen LogP contribution in [0, 0.1) is 5.92 Å². The van der Waals surface area contributed by atoms with Gasteiger partial charge < -0.3 is 14.3 Å². The molecule has 126 valence electrons. The van der Waals surface area contributed by atoms with Crippen molar-refractivity contribution in [2.45, 2.75) is 25.7 Å². The fourth-order valence-corrected chi connectivity index (χ4v) is 3.29. The summed E-state index contributed by atoms with van der Waals surface area (Å²) >= 11 is 0. The molecule has 0 atom stereocenters. The molecule has 1 aromatic heterocycles. The number of rotatable bonds is 3. The van der Waals surface area contributed by atoms with Gasteiger partial charge in [0.25, 0.3) is 0 Å². The van der Waals surface area contributed by atoms with Crippen molar-refractivity contribution in [1.82, 2.24) is 15.0 Å². The van der Waals surface area contributed by atoms with Crippen LogP contribution in [0.15, 0.2) is 34.9 Å². The van der Waals surface area contributed by atoms with E-state index in [1.54, 1.807) is 0 Å². The standard InChI is InChI=1S/C18H22N4O2/c23-17(15-8-4-9-15)21-10-5-11-22(13-12-21)18-19-16(20-24-18)14-6-2-1-3-7-14/h1-3,6-7,15H,4-5,8-13H2. The maximum Gasteiger partial charge on any atom is 0.324 e. The van der Waals surface area contributed by atoms with Gasteiger partial charge in [-0.1, -0.05) is 41.9 Å². The van der Waals surface area contributed by atoms with Crippen LogP contribution >= 0.6 is 0 Å². The molecule has 24 heavy (non-hydrogen) atoms. The van der Waals surface area contributed by atoms with Crippen LogP contribution < -0.4 is 4.90 Å². The molecule has 4 rings (SSSR count). The van der Waals surface area contributed by atoms with Crippen molar-refractivity contribution in [3.05, 3.63) is 30.3 Å². The Hall–Kier alpha value is -2.37. The molecule has 0 N–H and O–H groups in total. The van der Waals surface area contributed by atoms with Crippen molar-refractivity contribution in [2.75, 3.05) is 31.1 Å². The second-order valence-corrected chi connectivity index (χ2v) is 6.56. The van der Waals surface area contributed by atoms with Gasteiger partial charge in [-0.2, -0.15) is 4.98 Å². The van der Waals surface area contributed by atoms with Gasteiger partial charge in [0.15, 0.2) is 0 Å². The van der Waals surface area contributed by atoms with Crippen LogP contribution in [0.5, 0.6) is 0 Å². The van der Waals surface area contributed by atoms with E-state index >= 15 is 0 Å². The third-order valence-electron chi connectivity index (χ3n) is 4.98. The average Bonchev–Trinajstić information content (AvgIpc) is 2.92. The topological polar surface area (TPSA) is 62.5 Å². The highest BCUT2D eigenvalue weighted by Crippen LogP contribution is 2.29. The van der Waals surface area contributed by atoms with Gasteiger partial charge in [-0.05, 0) is 19.3 Å². The lowest BCUT2D eigenvalue weighted by Crippen LogP contribution is -2.41. The van der Waals surface area contributed by atoms with Crippen molar-refractivity contribution in [3.8, 4) is 11.4 Å². The first kappa shape index (κ1) is 15.2. The Morgan fingerprint density at radius 3 is 2.62 bits per heavy atom. The molecule has 1 saturated heterocycles. The minimum atomic E-state index is 0.268. The van der Waals surface area contributed by atoms with Crippen LogP contribution in [-0.4, -0.2) is 47.1 Å². The van der Waals surface area contributed by atoms with Gasteiger partial charge in [0, 0.05) is 37.7 Å². The molecular formula is C18H22N4O2. The first-order valence-electron chi connectivity index (χ1n) is 8.74. The van der Waals surface area contributed by atoms with E-state index in [0.717, 1.165) is 51.0 Å². The Morgan fingerprint density at radius 2 is 1.88 bits per heavy atom. The normalized spacial score (nSPS) is 19.0. The summed E-state index contributed by atoms with van der Waals surface area (Å²) in [5.74, 6) is 1.21. The smallest absolute Gasteiger partial charge is 0.324 e. The molecule has 0 unspecified atom stereocenters. The second kappa shape index (κ2) is 6.63. The van der Waals surface area contributed by atoms with E-state index < -0.39 is 0 Å². The number of benzene rings is 1. The van der Waals surface area contributed by atoms with Crippen molar-refractivity contribution < 1.29 is 9.32 Å². The number of hydrogen-bond acceptors (Lipinski definition) is 5. The maximum atomic E-state index is 12.4. The Kier molecular flexibility index (Phi) is 4.19. The van der Waals surface area contributed by atoms with Gasteiger partial charge in [-0.3, -0.25) is 4.79 Å². The zero-order valence-electron chi connectivity index (χ0n) is 13.7. The lowest BCUT2D eigenvalue weighted by Gasteiger charge is -2.30. The summed E-state index contributed by atoms with van der Waals surface area (Å²) in [6.07, 6.45) is 4.24. The lowest BCUT2D eigenvalue weighted by atomic mass is 9.84. The van der Waals surface area contributed by atoms with E-state index in [9.17, 15) is 4.79 Å². The van der Waals surface area contributed by atoms with Crippen LogP contribution in [0.4, 0.5) is 6.01 Å². The van der Waals surface area contributed by atoms with E-state index in [2.05, 4.69) is 15.0 Å². The van der Waals surface area contributed by atoms with Gasteiger partial charge in [0.1, 0.15) is 0 Å². The fourth-order valence-electron chi connectivity index (χ4n) is 3.29. The molecule has 6 heteroatoms. The first-order chi connectivity index (χ1) is 11.8. The molecule has 0 bridgehead atoms. The first-order valence-corrected chi connectivity index (χ1v) is 8.74. The molecule has 2 aliphatic rings. The Labute approximate surface area is 141 Å². The molecule has 1 saturated carbocycles. The molecule has 2 fully saturated rings. The van der Waals surface area contributed by atoms with Gasteiger partial charge in [0.05, 0.1) is 0 Å². The van der Waals surface area contributed by atoms with E-state index in [1.807, 2.05) is 35.2 Å². The number of nitrogens with zero attached hydrogens (tertiary/aromatic N) is 4. The highest BCUT2D eigenvalue weighted by atomic mass is 16.5. The molecule has 0 spiro atoms. The van der Waals surface area contributed by atoms with Gasteiger partial charge >= 0.3 is 6.01 Å². The summed E-state index contributed by atoms with van der Waals surface area (Å²) in [6.45, 7) is 3.14. The average molecular weight is 326 g/mol. The second-order valence-electron chi connectivity index (χ2n) is 6.56. The van der Waals surface area contributed by atoms with E-state index in [1.165, 1.54) is 6.42 Å². The summed E-state index contributed by atoms with van der Waals surface area (Å²) in [5.41, 5.74) is 0.948. The molecule has 1 amide bonds. The highest BCUT2D eigenvalue weighted by Gasteiger charge is 2.30. The zero-order chi connectivity index (χ0) is 16.4. The van der Waals surface area contributed by atoms with E-state index in [4.69, 9.17) is 4.52 Å². The van der Waals surface area contributed by atoms with Crippen molar-refractivity contribution in [2.24, 2.45) is 5.92 Å². The predicted octanol–water partition coefficient (Wildman–Crippen LogP) is 2.58. The molecule has 1 aromatic carbocycles. The Morgan fingerprint density at radius 1 is 1.04 bits per heavy atom. The summed E-state index contributed by atoms with van der Waals surface area (Å²) < 4.78 is 5.45. The summed E-state index contributed by atoms with van der Waals surface area (Å²) in [7, 11) is 0. The third-order valence-corrected chi connectivity index (χ3v) is 4.98. The number of carbonyl (C=O) groups excluding carboxylic acids is 1. The SMILES string of the molecule is O=C(C1CCC1)N1CCCN(c2nc(-c3ccccc3)no2)CC1. The molecular weight excluding hydrogens is 304 g/mol. The van der Waals surface area contributed by atoms with Crippen LogP contribution in [-0.2, 0) is 4.79 Å². The molecule has 1 aliphatic heterocycles. The molecule has 2 heterocycles. The number of hydrogen-bond donors (Lipinski definition) is 0. The number of anilines is 1. The summed E-state index contributed by atoms with van der Waals surface area (Å²) in [6, 6.07) is 10.4. The fraction of sp³-hybridized carbons (Fsp3) is 0.500. The molecule has 2 aromatic rings. The quantitative estimate of drug-likeness (QED) is 0.867. The minimum absolute atomic E-state index is 0.268. The number of amides is 1. The van der Waals surface area contributed by atoms with Crippen LogP contribution in [0.2, 0.25) is 0 Å². The zero-order valence-corrected chi connectivity index (χ0v) is 13.7. The third kappa shape index (κ3) is 3.00. The highest BCUT2D eigenvalue weighted by molar-refractivity contribution is 5.79. The number of carbonyl (C=O) groups is 1. The molecule has 6 nitrogen and oxygen atoms in total. The van der Waals surface area contributed by atoms with Crippen LogP contribution in [0.1, 0.15) is 25.7 Å². The summed E-state index contributed by atoms with van der Waals surface area (Å²) in [4.78, 5) is 21.0. The molecule has 0 radical (unpaired) electrons. The monoisotopic (exact) mass is 326 g/mol. The van der Waals surface area contributed by atoms with Crippen molar-refractivity contribution >= 4 is 11.9 Å². The largest absolute Gasteiger partial charge is 0.341 e. The Balaban J connectivity index is 1.42. The predicted molar refractivity (Wildman–Crippen MR) is 90.5 cm³/mol. The van der Waals surface area contributed by atoms with E-state index in [-0.39, 0.29) is 5.92 Å². The number of aromatic nitrogens is 2. The summed E-state index contributed by atoms with van der Waals surface area (Å²) in [5, 5.41) is 4.09. The lowest BCUT2D eigenvalue weighted by molar-refractivity contribution is -0.137.